The Balaban J connectivity index is 1.54. The van der Waals surface area contributed by atoms with Crippen LogP contribution in [0.4, 0.5) is 0 Å². The Morgan fingerprint density at radius 3 is 2.77 bits per heavy atom. The summed E-state index contributed by atoms with van der Waals surface area (Å²) < 4.78 is 0. The largest absolute Gasteiger partial charge is 0.478 e. The van der Waals surface area contributed by atoms with Gasteiger partial charge in [0.2, 0.25) is 0 Å². The molecule has 1 atom stereocenters. The molecule has 4 heteroatoms. The number of aromatic nitrogens is 1. The van der Waals surface area contributed by atoms with Crippen molar-refractivity contribution in [2.75, 3.05) is 13.1 Å². The van der Waals surface area contributed by atoms with Gasteiger partial charge in [-0.15, -0.1) is 0 Å². The molecule has 1 fully saturated rings. The number of H-pyrrole nitrogens is 1. The Hall–Kier alpha value is -2.59. The molecule has 2 heterocycles. The summed E-state index contributed by atoms with van der Waals surface area (Å²) in [6.07, 6.45) is 4.35. The molecule has 0 saturated carbocycles. The first-order valence-corrected chi connectivity index (χ1v) is 9.35. The molecule has 134 valence electrons. The molecule has 4 rings (SSSR count). The second-order valence-corrected chi connectivity index (χ2v) is 7.07. The minimum atomic E-state index is -0.841. The highest BCUT2D eigenvalue weighted by Crippen LogP contribution is 2.32. The molecule has 4 nitrogen and oxygen atoms in total. The first-order valence-electron chi connectivity index (χ1n) is 9.35. The summed E-state index contributed by atoms with van der Waals surface area (Å²) in [6.45, 7) is 1.94. The van der Waals surface area contributed by atoms with E-state index in [1.54, 1.807) is 12.1 Å². The van der Waals surface area contributed by atoms with E-state index in [0.717, 1.165) is 31.5 Å². The molecule has 0 spiro atoms. The third-order valence-electron chi connectivity index (χ3n) is 5.44. The molecule has 2 N–H and O–H groups in total. The van der Waals surface area contributed by atoms with Gasteiger partial charge >= 0.3 is 5.97 Å². The lowest BCUT2D eigenvalue weighted by Gasteiger charge is -2.35. The maximum Gasteiger partial charge on any atom is 0.335 e. The molecule has 1 unspecified atom stereocenters. The Bertz CT molecular complexity index is 882. The van der Waals surface area contributed by atoms with Crippen LogP contribution in [0.1, 0.15) is 46.9 Å². The van der Waals surface area contributed by atoms with Gasteiger partial charge in [-0.05, 0) is 55.0 Å². The van der Waals surface area contributed by atoms with Gasteiger partial charge in [-0.2, -0.15) is 0 Å². The molecule has 1 aliphatic rings. The number of nitrogens with one attached hydrogen (secondary N) is 1. The van der Waals surface area contributed by atoms with Crippen LogP contribution in [0.2, 0.25) is 0 Å². The average molecular weight is 348 g/mol. The lowest BCUT2D eigenvalue weighted by atomic mass is 9.97. The van der Waals surface area contributed by atoms with Gasteiger partial charge in [0.05, 0.1) is 5.56 Å². The number of carbonyl (C=O) groups is 1. The number of likely N-dealkylation sites (tertiary alicyclic amines) is 1. The summed E-state index contributed by atoms with van der Waals surface area (Å²) in [5.41, 5.74) is 3.80. The number of nitrogens with zero attached hydrogens (tertiary/aromatic N) is 1. The van der Waals surface area contributed by atoms with E-state index in [9.17, 15) is 9.90 Å². The first-order chi connectivity index (χ1) is 12.7. The van der Waals surface area contributed by atoms with Crippen LogP contribution in [0, 0.1) is 0 Å². The molecule has 3 aromatic rings. The van der Waals surface area contributed by atoms with E-state index in [0.29, 0.717) is 11.6 Å². The molecule has 0 bridgehead atoms. The van der Waals surface area contributed by atoms with Crippen LogP contribution < -0.4 is 0 Å². The normalized spacial score (nSPS) is 18.2. The van der Waals surface area contributed by atoms with Crippen molar-refractivity contribution >= 4 is 16.9 Å². The van der Waals surface area contributed by atoms with E-state index in [1.165, 1.54) is 29.4 Å². The molecule has 2 aromatic carbocycles. The predicted molar refractivity (Wildman–Crippen MR) is 104 cm³/mol. The number of rotatable bonds is 5. The zero-order chi connectivity index (χ0) is 17.9. The first kappa shape index (κ1) is 16.9. The van der Waals surface area contributed by atoms with E-state index >= 15 is 0 Å². The monoisotopic (exact) mass is 348 g/mol. The van der Waals surface area contributed by atoms with E-state index in [1.807, 2.05) is 12.1 Å². The summed E-state index contributed by atoms with van der Waals surface area (Å²) >= 11 is 0. The third-order valence-corrected chi connectivity index (χ3v) is 5.44. The van der Waals surface area contributed by atoms with E-state index < -0.39 is 5.97 Å². The van der Waals surface area contributed by atoms with Crippen LogP contribution in [-0.4, -0.2) is 34.0 Å². The van der Waals surface area contributed by atoms with Gasteiger partial charge in [-0.1, -0.05) is 42.8 Å². The molecule has 1 saturated heterocycles. The van der Waals surface area contributed by atoms with Crippen LogP contribution in [0.5, 0.6) is 0 Å². The van der Waals surface area contributed by atoms with Crippen molar-refractivity contribution in [2.45, 2.75) is 31.7 Å². The van der Waals surface area contributed by atoms with Crippen LogP contribution in [0.3, 0.4) is 0 Å². The van der Waals surface area contributed by atoms with Crippen molar-refractivity contribution in [3.8, 4) is 0 Å². The van der Waals surface area contributed by atoms with Crippen molar-refractivity contribution < 1.29 is 9.90 Å². The Morgan fingerprint density at radius 1 is 1.12 bits per heavy atom. The average Bonchev–Trinajstić information content (AvgIpc) is 3.11. The standard InChI is InChI=1S/C22H24N2O2/c25-22(26)18-9-3-1-7-16(18)12-14-24-13-6-5-11-21(24)20-15-17-8-2-4-10-19(17)23-20/h1-4,7-10,15,21,23H,5-6,11-14H2,(H,25,26). The van der Waals surface area contributed by atoms with Crippen molar-refractivity contribution in [3.05, 3.63) is 71.4 Å². The molecule has 1 aromatic heterocycles. The number of para-hydroxylation sites is 1. The number of benzene rings is 2. The lowest BCUT2D eigenvalue weighted by Crippen LogP contribution is -2.35. The maximum atomic E-state index is 11.4. The summed E-state index contributed by atoms with van der Waals surface area (Å²) in [5, 5.41) is 10.6. The summed E-state index contributed by atoms with van der Waals surface area (Å²) in [4.78, 5) is 17.5. The van der Waals surface area contributed by atoms with Crippen molar-refractivity contribution in [2.24, 2.45) is 0 Å². The number of hydrogen-bond donors (Lipinski definition) is 2. The summed E-state index contributed by atoms with van der Waals surface area (Å²) in [5.74, 6) is -0.841. The number of carboxylic acids is 1. The van der Waals surface area contributed by atoms with Gasteiger partial charge in [-0.3, -0.25) is 4.90 Å². The van der Waals surface area contributed by atoms with Gasteiger partial charge < -0.3 is 10.1 Å². The molecule has 26 heavy (non-hydrogen) atoms. The Morgan fingerprint density at radius 2 is 1.92 bits per heavy atom. The molecule has 1 aliphatic heterocycles. The van der Waals surface area contributed by atoms with Crippen molar-refractivity contribution in [3.63, 3.8) is 0 Å². The minimum Gasteiger partial charge on any atom is -0.478 e. The highest BCUT2D eigenvalue weighted by Gasteiger charge is 2.25. The quantitative estimate of drug-likeness (QED) is 0.706. The highest BCUT2D eigenvalue weighted by atomic mass is 16.4. The smallest absolute Gasteiger partial charge is 0.335 e. The predicted octanol–water partition coefficient (Wildman–Crippen LogP) is 4.64. The zero-order valence-electron chi connectivity index (χ0n) is 14.8. The molecule has 0 aliphatic carbocycles. The lowest BCUT2D eigenvalue weighted by molar-refractivity contribution is 0.0695. The van der Waals surface area contributed by atoms with Gasteiger partial charge in [0, 0.05) is 23.8 Å². The van der Waals surface area contributed by atoms with Crippen molar-refractivity contribution in [1.29, 1.82) is 0 Å². The van der Waals surface area contributed by atoms with Crippen LogP contribution in [0.15, 0.2) is 54.6 Å². The maximum absolute atomic E-state index is 11.4. The van der Waals surface area contributed by atoms with Crippen molar-refractivity contribution in [1.82, 2.24) is 9.88 Å². The number of aromatic carboxylic acids is 1. The second-order valence-electron chi connectivity index (χ2n) is 7.07. The SMILES string of the molecule is O=C(O)c1ccccc1CCN1CCCCC1c1cc2ccccc2[nH]1. The van der Waals surface area contributed by atoms with E-state index in [4.69, 9.17) is 0 Å². The Kier molecular flexibility index (Phi) is 4.76. The summed E-state index contributed by atoms with van der Waals surface area (Å²) in [7, 11) is 0. The topological polar surface area (TPSA) is 56.3 Å². The highest BCUT2D eigenvalue weighted by molar-refractivity contribution is 5.89. The Labute approximate surface area is 153 Å². The fourth-order valence-electron chi connectivity index (χ4n) is 4.10. The van der Waals surface area contributed by atoms with E-state index in [2.05, 4.69) is 40.2 Å². The molecular formula is C22H24N2O2. The second kappa shape index (κ2) is 7.34. The van der Waals surface area contributed by atoms with Gasteiger partial charge in [0.25, 0.3) is 0 Å². The van der Waals surface area contributed by atoms with Crippen LogP contribution in [0.25, 0.3) is 10.9 Å². The zero-order valence-corrected chi connectivity index (χ0v) is 14.8. The molecule has 0 radical (unpaired) electrons. The number of piperidine rings is 1. The van der Waals surface area contributed by atoms with Crippen LogP contribution >= 0.6 is 0 Å². The van der Waals surface area contributed by atoms with E-state index in [-0.39, 0.29) is 0 Å². The fourth-order valence-corrected chi connectivity index (χ4v) is 4.10. The number of aromatic amines is 1. The van der Waals surface area contributed by atoms with Gasteiger partial charge in [-0.25, -0.2) is 4.79 Å². The summed E-state index contributed by atoms with van der Waals surface area (Å²) in [6, 6.07) is 18.4. The number of carboxylic acid groups (broad SMARTS) is 1. The number of hydrogen-bond acceptors (Lipinski definition) is 2. The van der Waals surface area contributed by atoms with Gasteiger partial charge in [0.1, 0.15) is 0 Å². The minimum absolute atomic E-state index is 0.383. The van der Waals surface area contributed by atoms with Gasteiger partial charge in [0.15, 0.2) is 0 Å². The fraction of sp³-hybridized carbons (Fsp3) is 0.318. The molecule has 0 amide bonds. The van der Waals surface area contributed by atoms with Crippen LogP contribution in [-0.2, 0) is 6.42 Å². The molecular weight excluding hydrogens is 324 g/mol. The third kappa shape index (κ3) is 3.37. The number of fused-ring (bicyclic) bond motifs is 1.